The van der Waals surface area contributed by atoms with Crippen molar-refractivity contribution in [2.24, 2.45) is 11.8 Å². The molecule has 3 unspecified atom stereocenters. The molecule has 0 spiro atoms. The lowest BCUT2D eigenvalue weighted by atomic mass is 9.82. The van der Waals surface area contributed by atoms with E-state index in [0.29, 0.717) is 17.9 Å². The molecule has 0 radical (unpaired) electrons. The third-order valence-corrected chi connectivity index (χ3v) is 3.39. The Balaban J connectivity index is 2.15. The van der Waals surface area contributed by atoms with Crippen molar-refractivity contribution < 1.29 is 0 Å². The summed E-state index contributed by atoms with van der Waals surface area (Å²) >= 11 is 0. The van der Waals surface area contributed by atoms with Crippen LogP contribution < -0.4 is 0 Å². The van der Waals surface area contributed by atoms with Crippen LogP contribution in [0.4, 0.5) is 0 Å². The topological polar surface area (TPSA) is 3.24 Å². The van der Waals surface area contributed by atoms with Gasteiger partial charge in [-0.2, -0.15) is 0 Å². The molecule has 0 saturated heterocycles. The second-order valence-corrected chi connectivity index (χ2v) is 4.44. The maximum Gasteiger partial charge on any atom is 0.0390 e. The van der Waals surface area contributed by atoms with E-state index in [1.54, 1.807) is 0 Å². The number of allylic oxidation sites excluding steroid dienone is 3. The highest BCUT2D eigenvalue weighted by Crippen LogP contribution is 2.36. The van der Waals surface area contributed by atoms with Gasteiger partial charge in [-0.25, -0.2) is 0 Å². The van der Waals surface area contributed by atoms with Crippen LogP contribution in [0.1, 0.15) is 20.3 Å². The predicted octanol–water partition coefficient (Wildman–Crippen LogP) is 2.97. The Morgan fingerprint density at radius 1 is 1.43 bits per heavy atom. The maximum absolute atomic E-state index is 2.38. The van der Waals surface area contributed by atoms with Crippen molar-refractivity contribution in [1.82, 2.24) is 4.90 Å². The molecule has 76 valence electrons. The summed E-state index contributed by atoms with van der Waals surface area (Å²) in [6.07, 6.45) is 12.7. The number of nitrogens with zero attached hydrogens (tertiary/aromatic N) is 1. The van der Waals surface area contributed by atoms with Crippen LogP contribution in [-0.2, 0) is 0 Å². The summed E-state index contributed by atoms with van der Waals surface area (Å²) in [5.41, 5.74) is 1.51. The summed E-state index contributed by atoms with van der Waals surface area (Å²) in [5.74, 6) is 1.31. The Labute approximate surface area is 86.8 Å². The number of hydrogen-bond donors (Lipinski definition) is 0. The molecule has 1 heteroatoms. The van der Waals surface area contributed by atoms with Crippen LogP contribution in [0.5, 0.6) is 0 Å². The van der Waals surface area contributed by atoms with Crippen LogP contribution in [0.15, 0.2) is 36.1 Å². The molecule has 1 aliphatic heterocycles. The number of rotatable bonds is 1. The molecule has 2 aliphatic rings. The second-order valence-electron chi connectivity index (χ2n) is 4.44. The molecule has 0 bridgehead atoms. The molecule has 0 N–H and O–H groups in total. The van der Waals surface area contributed by atoms with Crippen molar-refractivity contribution in [2.45, 2.75) is 26.3 Å². The van der Waals surface area contributed by atoms with Crippen molar-refractivity contribution in [3.63, 3.8) is 0 Å². The van der Waals surface area contributed by atoms with E-state index in [2.05, 4.69) is 56.3 Å². The average Bonchev–Trinajstić information content (AvgIpc) is 2.43. The standard InChI is InChI=1S/C13H19N/c1-4-5-11-6-7-12-10(2)9-14(3)13(12)8-11/h4-7,9,11-13H,8H2,1-3H3. The summed E-state index contributed by atoms with van der Waals surface area (Å²) < 4.78 is 0. The Bertz CT molecular complexity index is 298. The first kappa shape index (κ1) is 9.57. The third-order valence-electron chi connectivity index (χ3n) is 3.39. The molecule has 14 heavy (non-hydrogen) atoms. The van der Waals surface area contributed by atoms with Gasteiger partial charge in [0, 0.05) is 19.0 Å². The summed E-state index contributed by atoms with van der Waals surface area (Å²) in [6.45, 7) is 4.34. The van der Waals surface area contributed by atoms with Crippen molar-refractivity contribution in [3.8, 4) is 0 Å². The van der Waals surface area contributed by atoms with Gasteiger partial charge in [0.15, 0.2) is 0 Å². The Morgan fingerprint density at radius 2 is 2.21 bits per heavy atom. The first-order chi connectivity index (χ1) is 6.72. The lowest BCUT2D eigenvalue weighted by Crippen LogP contribution is -2.32. The van der Waals surface area contributed by atoms with E-state index < -0.39 is 0 Å². The normalized spacial score (nSPS) is 36.4. The first-order valence-electron chi connectivity index (χ1n) is 5.43. The summed E-state index contributed by atoms with van der Waals surface area (Å²) in [7, 11) is 2.19. The van der Waals surface area contributed by atoms with E-state index in [1.807, 2.05) is 0 Å². The molecule has 1 nitrogen and oxygen atoms in total. The minimum absolute atomic E-state index is 0.642. The lowest BCUT2D eigenvalue weighted by molar-refractivity contribution is 0.280. The van der Waals surface area contributed by atoms with E-state index in [-0.39, 0.29) is 0 Å². The van der Waals surface area contributed by atoms with Crippen LogP contribution in [0.3, 0.4) is 0 Å². The van der Waals surface area contributed by atoms with Crippen LogP contribution in [0.2, 0.25) is 0 Å². The molecule has 3 atom stereocenters. The molecule has 0 fully saturated rings. The highest BCUT2D eigenvalue weighted by Gasteiger charge is 2.32. The largest absolute Gasteiger partial charge is 0.377 e. The predicted molar refractivity (Wildman–Crippen MR) is 60.9 cm³/mol. The molecular weight excluding hydrogens is 170 g/mol. The Kier molecular flexibility index (Phi) is 2.49. The zero-order chi connectivity index (χ0) is 10.1. The molecule has 2 rings (SSSR count). The quantitative estimate of drug-likeness (QED) is 0.573. The highest BCUT2D eigenvalue weighted by molar-refractivity contribution is 5.25. The monoisotopic (exact) mass is 189 g/mol. The van der Waals surface area contributed by atoms with Crippen LogP contribution >= 0.6 is 0 Å². The zero-order valence-electron chi connectivity index (χ0n) is 9.27. The SMILES string of the molecule is CC=CC1C=CC2C(C)=CN(C)C2C1. The van der Waals surface area contributed by atoms with E-state index in [9.17, 15) is 0 Å². The maximum atomic E-state index is 2.38. The molecule has 0 amide bonds. The van der Waals surface area contributed by atoms with E-state index in [4.69, 9.17) is 0 Å². The van der Waals surface area contributed by atoms with E-state index in [1.165, 1.54) is 12.0 Å². The van der Waals surface area contributed by atoms with Crippen LogP contribution in [0, 0.1) is 11.8 Å². The van der Waals surface area contributed by atoms with E-state index >= 15 is 0 Å². The fourth-order valence-electron chi connectivity index (χ4n) is 2.66. The summed E-state index contributed by atoms with van der Waals surface area (Å²) in [5, 5.41) is 0. The molecule has 0 saturated carbocycles. The average molecular weight is 189 g/mol. The summed E-state index contributed by atoms with van der Waals surface area (Å²) in [6, 6.07) is 0.696. The molecule has 1 aliphatic carbocycles. The van der Waals surface area contributed by atoms with Crippen LogP contribution in [0.25, 0.3) is 0 Å². The lowest BCUT2D eigenvalue weighted by Gasteiger charge is -2.31. The number of fused-ring (bicyclic) bond motifs is 1. The fourth-order valence-corrected chi connectivity index (χ4v) is 2.66. The summed E-state index contributed by atoms with van der Waals surface area (Å²) in [4.78, 5) is 2.38. The van der Waals surface area contributed by atoms with Gasteiger partial charge >= 0.3 is 0 Å². The molecular formula is C13H19N. The van der Waals surface area contributed by atoms with Crippen molar-refractivity contribution >= 4 is 0 Å². The Hall–Kier alpha value is -0.980. The molecule has 1 heterocycles. The van der Waals surface area contributed by atoms with Gasteiger partial charge in [-0.05, 0) is 38.0 Å². The minimum Gasteiger partial charge on any atom is -0.377 e. The highest BCUT2D eigenvalue weighted by atomic mass is 15.1. The third kappa shape index (κ3) is 1.52. The first-order valence-corrected chi connectivity index (χ1v) is 5.43. The zero-order valence-corrected chi connectivity index (χ0v) is 9.27. The van der Waals surface area contributed by atoms with Crippen molar-refractivity contribution in [3.05, 3.63) is 36.1 Å². The van der Waals surface area contributed by atoms with Gasteiger partial charge in [-0.1, -0.05) is 24.3 Å². The number of hydrogen-bond acceptors (Lipinski definition) is 1. The Morgan fingerprint density at radius 3 is 2.93 bits per heavy atom. The van der Waals surface area contributed by atoms with Gasteiger partial charge in [0.2, 0.25) is 0 Å². The van der Waals surface area contributed by atoms with Gasteiger partial charge in [-0.3, -0.25) is 0 Å². The van der Waals surface area contributed by atoms with E-state index in [0.717, 1.165) is 0 Å². The van der Waals surface area contributed by atoms with Crippen molar-refractivity contribution in [2.75, 3.05) is 7.05 Å². The van der Waals surface area contributed by atoms with Gasteiger partial charge < -0.3 is 4.90 Å². The van der Waals surface area contributed by atoms with Gasteiger partial charge in [0.1, 0.15) is 0 Å². The minimum atomic E-state index is 0.642. The smallest absolute Gasteiger partial charge is 0.0390 e. The molecule has 0 aromatic heterocycles. The van der Waals surface area contributed by atoms with Gasteiger partial charge in [0.25, 0.3) is 0 Å². The molecule has 0 aromatic carbocycles. The van der Waals surface area contributed by atoms with Gasteiger partial charge in [-0.15, -0.1) is 0 Å². The van der Waals surface area contributed by atoms with Gasteiger partial charge in [0.05, 0.1) is 0 Å². The fraction of sp³-hybridized carbons (Fsp3) is 0.538. The van der Waals surface area contributed by atoms with Crippen molar-refractivity contribution in [1.29, 1.82) is 0 Å². The molecule has 0 aromatic rings. The second kappa shape index (κ2) is 3.64. The van der Waals surface area contributed by atoms with Crippen LogP contribution in [-0.4, -0.2) is 18.0 Å².